The third-order valence-electron chi connectivity index (χ3n) is 4.20. The van der Waals surface area contributed by atoms with Crippen LogP contribution in [0.5, 0.6) is 5.88 Å². The van der Waals surface area contributed by atoms with Gasteiger partial charge < -0.3 is 15.0 Å². The highest BCUT2D eigenvalue weighted by atomic mass is 19.1. The van der Waals surface area contributed by atoms with Gasteiger partial charge in [-0.3, -0.25) is 4.79 Å². The number of benzene rings is 2. The summed E-state index contributed by atoms with van der Waals surface area (Å²) in [5.41, 5.74) is 1.91. The summed E-state index contributed by atoms with van der Waals surface area (Å²) in [7, 11) is 0. The van der Waals surface area contributed by atoms with Crippen LogP contribution in [0.25, 0.3) is 10.9 Å². The number of anilines is 1. The number of aromatic amines is 1. The Morgan fingerprint density at radius 1 is 1.15 bits per heavy atom. The first-order chi connectivity index (χ1) is 12.5. The molecule has 0 aliphatic rings. The molecule has 0 unspecified atom stereocenters. The Kier molecular flexibility index (Phi) is 4.97. The van der Waals surface area contributed by atoms with E-state index in [1.54, 1.807) is 12.1 Å². The number of aromatic nitrogens is 1. The predicted molar refractivity (Wildman–Crippen MR) is 98.8 cm³/mol. The van der Waals surface area contributed by atoms with E-state index in [4.69, 9.17) is 0 Å². The van der Waals surface area contributed by atoms with E-state index in [0.717, 1.165) is 18.8 Å². The highest BCUT2D eigenvalue weighted by Gasteiger charge is 2.12. The highest BCUT2D eigenvalue weighted by Crippen LogP contribution is 2.35. The van der Waals surface area contributed by atoms with Gasteiger partial charge in [0, 0.05) is 29.7 Å². The standard InChI is InChI=1S/C19H19FN4O2/c1-3-24(4-2)14-8-5-12(6-9-14)18(25)23-22-17-15-10-7-13(20)11-16(15)21-19(17)26/h5-11,21,26H,3-4H2,1-2H3. The van der Waals surface area contributed by atoms with Gasteiger partial charge in [-0.25, -0.2) is 4.39 Å². The van der Waals surface area contributed by atoms with Crippen LogP contribution in [0.2, 0.25) is 0 Å². The maximum Gasteiger partial charge on any atom is 0.295 e. The fraction of sp³-hybridized carbons (Fsp3) is 0.211. The summed E-state index contributed by atoms with van der Waals surface area (Å²) < 4.78 is 13.2. The molecule has 2 N–H and O–H groups in total. The molecule has 26 heavy (non-hydrogen) atoms. The van der Waals surface area contributed by atoms with Crippen LogP contribution in [0.1, 0.15) is 24.2 Å². The molecule has 0 saturated heterocycles. The minimum atomic E-state index is -0.521. The van der Waals surface area contributed by atoms with Crippen LogP contribution >= 0.6 is 0 Å². The Morgan fingerprint density at radius 2 is 1.85 bits per heavy atom. The van der Waals surface area contributed by atoms with Crippen molar-refractivity contribution in [2.75, 3.05) is 18.0 Å². The molecule has 0 aliphatic carbocycles. The molecular weight excluding hydrogens is 335 g/mol. The van der Waals surface area contributed by atoms with E-state index in [1.165, 1.54) is 18.2 Å². The summed E-state index contributed by atoms with van der Waals surface area (Å²) in [5.74, 6) is -1.22. The van der Waals surface area contributed by atoms with Gasteiger partial charge in [0.1, 0.15) is 5.82 Å². The number of carbonyl (C=O) groups excluding carboxylic acids is 1. The molecule has 3 aromatic rings. The normalized spacial score (nSPS) is 11.3. The zero-order chi connectivity index (χ0) is 18.7. The number of halogens is 1. The van der Waals surface area contributed by atoms with E-state index in [1.807, 2.05) is 12.1 Å². The topological polar surface area (TPSA) is 81.1 Å². The van der Waals surface area contributed by atoms with Gasteiger partial charge in [0.05, 0.1) is 5.52 Å². The minimum absolute atomic E-state index is 0.105. The lowest BCUT2D eigenvalue weighted by Crippen LogP contribution is -2.21. The molecule has 0 saturated carbocycles. The SMILES string of the molecule is CCN(CC)c1ccc(C(=O)N=Nc2c(O)[nH]c3cc(F)ccc23)cc1. The molecule has 0 bridgehead atoms. The second kappa shape index (κ2) is 7.35. The number of amides is 1. The van der Waals surface area contributed by atoms with Gasteiger partial charge in [0.2, 0.25) is 5.88 Å². The number of hydrogen-bond donors (Lipinski definition) is 2. The molecule has 0 spiro atoms. The van der Waals surface area contributed by atoms with Crippen LogP contribution in [0.4, 0.5) is 15.8 Å². The van der Waals surface area contributed by atoms with Crippen LogP contribution in [-0.4, -0.2) is 29.1 Å². The second-order valence-electron chi connectivity index (χ2n) is 5.74. The Hall–Kier alpha value is -3.22. The molecule has 1 aromatic heterocycles. The van der Waals surface area contributed by atoms with E-state index in [-0.39, 0.29) is 11.6 Å². The largest absolute Gasteiger partial charge is 0.493 e. The first-order valence-corrected chi connectivity index (χ1v) is 8.34. The lowest BCUT2D eigenvalue weighted by atomic mass is 10.2. The van der Waals surface area contributed by atoms with Crippen molar-refractivity contribution in [3.63, 3.8) is 0 Å². The average molecular weight is 354 g/mol. The van der Waals surface area contributed by atoms with E-state index >= 15 is 0 Å². The Balaban J connectivity index is 1.83. The van der Waals surface area contributed by atoms with Gasteiger partial charge in [0.15, 0.2) is 5.69 Å². The third-order valence-corrected chi connectivity index (χ3v) is 4.20. The van der Waals surface area contributed by atoms with Crippen molar-refractivity contribution in [2.45, 2.75) is 13.8 Å². The summed E-state index contributed by atoms with van der Waals surface area (Å²) in [6.07, 6.45) is 0. The monoisotopic (exact) mass is 354 g/mol. The van der Waals surface area contributed by atoms with E-state index in [2.05, 4.69) is 34.0 Å². The molecular formula is C19H19FN4O2. The lowest BCUT2D eigenvalue weighted by molar-refractivity contribution is 0.0995. The number of nitrogens with zero attached hydrogens (tertiary/aromatic N) is 3. The van der Waals surface area contributed by atoms with Gasteiger partial charge >= 0.3 is 0 Å². The van der Waals surface area contributed by atoms with Crippen LogP contribution in [-0.2, 0) is 0 Å². The Morgan fingerprint density at radius 3 is 2.50 bits per heavy atom. The fourth-order valence-corrected chi connectivity index (χ4v) is 2.80. The molecule has 0 radical (unpaired) electrons. The second-order valence-corrected chi connectivity index (χ2v) is 5.74. The van der Waals surface area contributed by atoms with E-state index < -0.39 is 11.7 Å². The summed E-state index contributed by atoms with van der Waals surface area (Å²) in [5, 5.41) is 17.9. The minimum Gasteiger partial charge on any atom is -0.493 e. The average Bonchev–Trinajstić information content (AvgIpc) is 2.95. The lowest BCUT2D eigenvalue weighted by Gasteiger charge is -2.20. The van der Waals surface area contributed by atoms with Crippen LogP contribution < -0.4 is 4.90 Å². The third kappa shape index (κ3) is 3.42. The molecule has 1 amide bonds. The smallest absolute Gasteiger partial charge is 0.295 e. The Bertz CT molecular complexity index is 960. The number of fused-ring (bicyclic) bond motifs is 1. The number of H-pyrrole nitrogens is 1. The first-order valence-electron chi connectivity index (χ1n) is 8.34. The van der Waals surface area contributed by atoms with Gasteiger partial charge in [0.25, 0.3) is 5.91 Å². The zero-order valence-electron chi connectivity index (χ0n) is 14.5. The molecule has 134 valence electrons. The number of rotatable bonds is 5. The van der Waals surface area contributed by atoms with Crippen LogP contribution in [0.15, 0.2) is 52.7 Å². The van der Waals surface area contributed by atoms with Crippen molar-refractivity contribution < 1.29 is 14.3 Å². The molecule has 7 heteroatoms. The molecule has 2 aromatic carbocycles. The van der Waals surface area contributed by atoms with E-state index in [0.29, 0.717) is 16.5 Å². The van der Waals surface area contributed by atoms with Crippen molar-refractivity contribution in [3.05, 3.63) is 53.8 Å². The van der Waals surface area contributed by atoms with Gasteiger partial charge in [-0.15, -0.1) is 10.2 Å². The number of aromatic hydroxyl groups is 1. The summed E-state index contributed by atoms with van der Waals surface area (Å²) in [4.78, 5) is 17.0. The predicted octanol–water partition coefficient (Wildman–Crippen LogP) is 4.78. The number of hydrogen-bond acceptors (Lipinski definition) is 4. The van der Waals surface area contributed by atoms with E-state index in [9.17, 15) is 14.3 Å². The molecule has 6 nitrogen and oxygen atoms in total. The summed E-state index contributed by atoms with van der Waals surface area (Å²) in [6, 6.07) is 11.1. The Labute approximate surface area is 150 Å². The molecule has 0 atom stereocenters. The van der Waals surface area contributed by atoms with Crippen molar-refractivity contribution in [3.8, 4) is 5.88 Å². The number of carbonyl (C=O) groups is 1. The highest BCUT2D eigenvalue weighted by molar-refractivity contribution is 5.97. The first kappa shape index (κ1) is 17.6. The quantitative estimate of drug-likeness (QED) is 0.647. The maximum atomic E-state index is 13.2. The molecule has 0 fully saturated rings. The molecule has 1 heterocycles. The van der Waals surface area contributed by atoms with Crippen molar-refractivity contribution >= 4 is 28.2 Å². The van der Waals surface area contributed by atoms with Gasteiger partial charge in [-0.1, -0.05) is 0 Å². The summed E-state index contributed by atoms with van der Waals surface area (Å²) >= 11 is 0. The van der Waals surface area contributed by atoms with Crippen molar-refractivity contribution in [1.82, 2.24) is 4.98 Å². The maximum absolute atomic E-state index is 13.2. The molecule has 3 rings (SSSR count). The number of nitrogens with one attached hydrogen (secondary N) is 1. The van der Waals surface area contributed by atoms with Crippen LogP contribution in [0, 0.1) is 5.82 Å². The van der Waals surface area contributed by atoms with Crippen molar-refractivity contribution in [2.24, 2.45) is 10.2 Å². The fourth-order valence-electron chi connectivity index (χ4n) is 2.80. The molecule has 0 aliphatic heterocycles. The van der Waals surface area contributed by atoms with Gasteiger partial charge in [-0.05, 0) is 56.3 Å². The van der Waals surface area contributed by atoms with Crippen molar-refractivity contribution in [1.29, 1.82) is 0 Å². The zero-order valence-corrected chi connectivity index (χ0v) is 14.5. The number of azo groups is 1. The summed E-state index contributed by atoms with van der Waals surface area (Å²) in [6.45, 7) is 5.89. The van der Waals surface area contributed by atoms with Crippen LogP contribution in [0.3, 0.4) is 0 Å². The van der Waals surface area contributed by atoms with Gasteiger partial charge in [-0.2, -0.15) is 0 Å².